The molecule has 212 valence electrons. The van der Waals surface area contributed by atoms with Gasteiger partial charge in [-0.15, -0.1) is 0 Å². The topological polar surface area (TPSA) is 184 Å². The third-order valence-electron chi connectivity index (χ3n) is 4.79. The minimum atomic E-state index is -1.03. The highest BCUT2D eigenvalue weighted by molar-refractivity contribution is 5.92. The Bertz CT molecular complexity index is 975. The molecular weight excluding hydrogens is 506 g/mol. The quantitative estimate of drug-likeness (QED) is 0.289. The van der Waals surface area contributed by atoms with Gasteiger partial charge >= 0.3 is 17.9 Å². The summed E-state index contributed by atoms with van der Waals surface area (Å²) in [6, 6.07) is 4.76. The lowest BCUT2D eigenvalue weighted by Gasteiger charge is -2.40. The fourth-order valence-electron chi connectivity index (χ4n) is 3.43. The van der Waals surface area contributed by atoms with Crippen molar-refractivity contribution in [3.05, 3.63) is 23.8 Å². The number of aliphatic hydroxyl groups excluding tert-OH is 1. The van der Waals surface area contributed by atoms with Crippen LogP contribution in [0.5, 0.6) is 5.75 Å². The molecule has 1 saturated heterocycles. The Balaban J connectivity index is 0.00000168. The molecule has 0 aliphatic carbocycles. The van der Waals surface area contributed by atoms with E-state index in [4.69, 9.17) is 33.6 Å². The second-order valence-corrected chi connectivity index (χ2v) is 8.29. The summed E-state index contributed by atoms with van der Waals surface area (Å²) in [6.45, 7) is 6.08. The predicted molar refractivity (Wildman–Crippen MR) is 131 cm³/mol. The molecular formula is C25H35NO12. The van der Waals surface area contributed by atoms with Crippen LogP contribution in [0.15, 0.2) is 18.2 Å². The molecule has 4 unspecified atom stereocenters. The Morgan fingerprint density at radius 1 is 1.03 bits per heavy atom. The molecule has 13 heteroatoms. The number of anilines is 1. The molecule has 0 radical (unpaired) electrons. The number of aliphatic carboxylic acids is 1. The molecule has 1 aromatic carbocycles. The molecule has 13 nitrogen and oxygen atoms in total. The summed E-state index contributed by atoms with van der Waals surface area (Å²) in [4.78, 5) is 55.8. The van der Waals surface area contributed by atoms with Crippen molar-refractivity contribution in [1.82, 2.24) is 0 Å². The Morgan fingerprint density at radius 3 is 2.18 bits per heavy atom. The summed E-state index contributed by atoms with van der Waals surface area (Å²) in [5.74, 6) is -2.61. The lowest BCUT2D eigenvalue weighted by atomic mass is 10.0. The first-order valence-electron chi connectivity index (χ1n) is 11.9. The number of aliphatic hydroxyl groups is 1. The predicted octanol–water partition coefficient (Wildman–Crippen LogP) is 1.93. The summed E-state index contributed by atoms with van der Waals surface area (Å²) >= 11 is 0. The fourth-order valence-corrected chi connectivity index (χ4v) is 3.43. The van der Waals surface area contributed by atoms with Crippen LogP contribution in [0, 0.1) is 0 Å². The average Bonchev–Trinajstić information content (AvgIpc) is 2.79. The van der Waals surface area contributed by atoms with Gasteiger partial charge in [0.1, 0.15) is 24.6 Å². The van der Waals surface area contributed by atoms with Gasteiger partial charge in [-0.2, -0.15) is 0 Å². The number of carboxylic acid groups (broad SMARTS) is 1. The highest BCUT2D eigenvalue weighted by Gasteiger charge is 2.44. The number of benzene rings is 1. The van der Waals surface area contributed by atoms with Crippen LogP contribution in [-0.4, -0.2) is 71.2 Å². The van der Waals surface area contributed by atoms with E-state index in [2.05, 4.69) is 5.32 Å². The summed E-state index contributed by atoms with van der Waals surface area (Å²) < 4.78 is 27.6. The monoisotopic (exact) mass is 541 g/mol. The van der Waals surface area contributed by atoms with Crippen molar-refractivity contribution in [2.75, 3.05) is 11.9 Å². The summed E-state index contributed by atoms with van der Waals surface area (Å²) in [6.07, 6.45) is -3.00. The first-order chi connectivity index (χ1) is 17.9. The van der Waals surface area contributed by atoms with E-state index >= 15 is 0 Å². The van der Waals surface area contributed by atoms with Gasteiger partial charge in [-0.05, 0) is 24.1 Å². The van der Waals surface area contributed by atoms with Crippen LogP contribution in [0.4, 0.5) is 5.69 Å². The number of hydrogen-bond acceptors (Lipinski definition) is 11. The normalized spacial score (nSPS) is 20.2. The summed E-state index contributed by atoms with van der Waals surface area (Å²) in [5.41, 5.74) is 0.889. The zero-order valence-electron chi connectivity index (χ0n) is 22.1. The second kappa shape index (κ2) is 16.2. The van der Waals surface area contributed by atoms with E-state index in [1.54, 1.807) is 18.2 Å². The number of nitrogens with one attached hydrogen (secondary N) is 1. The molecule has 38 heavy (non-hydrogen) atoms. The van der Waals surface area contributed by atoms with Crippen molar-refractivity contribution in [1.29, 1.82) is 0 Å². The molecule has 0 saturated carbocycles. The molecule has 0 bridgehead atoms. The molecule has 1 aliphatic heterocycles. The zero-order valence-corrected chi connectivity index (χ0v) is 22.1. The van der Waals surface area contributed by atoms with E-state index < -0.39 is 48.5 Å². The third-order valence-corrected chi connectivity index (χ3v) is 4.79. The van der Waals surface area contributed by atoms with Gasteiger partial charge in [-0.25, -0.2) is 0 Å². The standard InChI is InChI=1S/C23H31NO10.C2H4O2/c1-5-6-21(29)24-17-9-16(11-25)7-8-18(17)33-22-10-19(31-14(3)27)23(32-15(4)28)20(34-22)12-30-13(2)26;1-2(3)4/h7-9,19-20,22-23,25H,5-6,10-12H2,1-4H3,(H,24,29);1H3,(H,3,4). The van der Waals surface area contributed by atoms with Gasteiger partial charge in [0.15, 0.2) is 6.10 Å². The van der Waals surface area contributed by atoms with E-state index in [-0.39, 0.29) is 31.3 Å². The maximum atomic E-state index is 12.2. The summed E-state index contributed by atoms with van der Waals surface area (Å²) in [5, 5.41) is 19.6. The molecule has 1 amide bonds. The van der Waals surface area contributed by atoms with Gasteiger partial charge in [-0.1, -0.05) is 13.0 Å². The van der Waals surface area contributed by atoms with Crippen LogP contribution in [0.3, 0.4) is 0 Å². The van der Waals surface area contributed by atoms with Gasteiger partial charge < -0.3 is 39.2 Å². The zero-order chi connectivity index (χ0) is 28.8. The van der Waals surface area contributed by atoms with Crippen LogP contribution in [0.1, 0.15) is 59.4 Å². The Kier molecular flexibility index (Phi) is 13.8. The molecule has 1 aliphatic rings. The number of hydrogen-bond donors (Lipinski definition) is 3. The second-order valence-electron chi connectivity index (χ2n) is 8.29. The van der Waals surface area contributed by atoms with Crippen molar-refractivity contribution in [2.24, 2.45) is 0 Å². The third kappa shape index (κ3) is 12.0. The van der Waals surface area contributed by atoms with E-state index in [1.165, 1.54) is 20.8 Å². The van der Waals surface area contributed by atoms with E-state index in [0.29, 0.717) is 24.1 Å². The molecule has 1 fully saturated rings. The van der Waals surface area contributed by atoms with E-state index in [1.807, 2.05) is 6.92 Å². The number of ether oxygens (including phenoxy) is 5. The minimum absolute atomic E-state index is 0.00179. The molecule has 0 spiro atoms. The first kappa shape index (κ1) is 32.3. The average molecular weight is 542 g/mol. The molecule has 2 rings (SSSR count). The maximum absolute atomic E-state index is 12.2. The minimum Gasteiger partial charge on any atom is -0.481 e. The molecule has 4 atom stereocenters. The van der Waals surface area contributed by atoms with Crippen molar-refractivity contribution < 1.29 is 57.9 Å². The lowest BCUT2D eigenvalue weighted by Crippen LogP contribution is -2.54. The SMILES string of the molecule is CC(=O)O.CCCC(=O)Nc1cc(CO)ccc1OC1CC(OC(C)=O)C(OC(C)=O)C(COC(C)=O)O1. The van der Waals surface area contributed by atoms with Crippen molar-refractivity contribution in [3.63, 3.8) is 0 Å². The largest absolute Gasteiger partial charge is 0.481 e. The highest BCUT2D eigenvalue weighted by atomic mass is 16.7. The fraction of sp³-hybridized carbons (Fsp3) is 0.560. The molecule has 3 N–H and O–H groups in total. The van der Waals surface area contributed by atoms with Gasteiger partial charge in [0.2, 0.25) is 12.2 Å². The number of carbonyl (C=O) groups is 5. The van der Waals surface area contributed by atoms with Crippen LogP contribution < -0.4 is 10.1 Å². The van der Waals surface area contributed by atoms with Crippen molar-refractivity contribution in [3.8, 4) is 5.75 Å². The van der Waals surface area contributed by atoms with Crippen LogP contribution in [-0.2, 0) is 49.5 Å². The van der Waals surface area contributed by atoms with Crippen molar-refractivity contribution >= 4 is 35.5 Å². The number of esters is 3. The summed E-state index contributed by atoms with van der Waals surface area (Å²) in [7, 11) is 0. The van der Waals surface area contributed by atoms with E-state index in [0.717, 1.165) is 6.92 Å². The van der Waals surface area contributed by atoms with Crippen LogP contribution in [0.2, 0.25) is 0 Å². The molecule has 0 aromatic heterocycles. The van der Waals surface area contributed by atoms with Gasteiger partial charge in [0.25, 0.3) is 5.97 Å². The molecule has 1 heterocycles. The van der Waals surface area contributed by atoms with Crippen LogP contribution in [0.25, 0.3) is 0 Å². The Morgan fingerprint density at radius 2 is 1.66 bits per heavy atom. The number of amides is 1. The van der Waals surface area contributed by atoms with Gasteiger partial charge in [0, 0.05) is 34.1 Å². The lowest BCUT2D eigenvalue weighted by molar-refractivity contribution is -0.245. The highest BCUT2D eigenvalue weighted by Crippen LogP contribution is 2.32. The van der Waals surface area contributed by atoms with E-state index in [9.17, 15) is 24.3 Å². The number of rotatable bonds is 10. The van der Waals surface area contributed by atoms with Gasteiger partial charge in [-0.3, -0.25) is 24.0 Å². The molecule has 1 aromatic rings. The van der Waals surface area contributed by atoms with Crippen molar-refractivity contribution in [2.45, 2.75) is 85.1 Å². The number of carbonyl (C=O) groups excluding carboxylic acids is 4. The maximum Gasteiger partial charge on any atom is 0.303 e. The van der Waals surface area contributed by atoms with Crippen LogP contribution >= 0.6 is 0 Å². The first-order valence-corrected chi connectivity index (χ1v) is 11.9. The number of carboxylic acids is 1. The Hall–Kier alpha value is -3.71. The van der Waals surface area contributed by atoms with Gasteiger partial charge in [0.05, 0.1) is 18.7 Å². The Labute approximate surface area is 220 Å². The smallest absolute Gasteiger partial charge is 0.303 e.